The van der Waals surface area contributed by atoms with Crippen LogP contribution in [-0.2, 0) is 6.61 Å². The van der Waals surface area contributed by atoms with Crippen LogP contribution in [0, 0.1) is 0 Å². The third-order valence-electron chi connectivity index (χ3n) is 4.09. The van der Waals surface area contributed by atoms with Crippen molar-refractivity contribution in [1.29, 1.82) is 0 Å². The van der Waals surface area contributed by atoms with Gasteiger partial charge in [0.1, 0.15) is 6.61 Å². The lowest BCUT2D eigenvalue weighted by atomic mass is 10.2. The number of benzene rings is 3. The van der Waals surface area contributed by atoms with Crippen molar-refractivity contribution in [1.82, 2.24) is 5.43 Å². The molecule has 0 unspecified atom stereocenters. The number of hydrogen-bond acceptors (Lipinski definition) is 4. The molecule has 0 aromatic heterocycles. The van der Waals surface area contributed by atoms with Gasteiger partial charge in [-0.25, -0.2) is 5.43 Å². The van der Waals surface area contributed by atoms with Crippen LogP contribution in [0.5, 0.6) is 11.5 Å². The Morgan fingerprint density at radius 2 is 1.84 bits per heavy atom. The lowest BCUT2D eigenvalue weighted by Crippen LogP contribution is -2.17. The van der Waals surface area contributed by atoms with Crippen molar-refractivity contribution in [2.24, 2.45) is 5.10 Å². The van der Waals surface area contributed by atoms with Gasteiger partial charge in [-0.05, 0) is 76.4 Å². The van der Waals surface area contributed by atoms with Crippen LogP contribution in [0.4, 0.5) is 0 Å². The molecule has 31 heavy (non-hydrogen) atoms. The molecule has 3 rings (SSSR count). The fourth-order valence-corrected chi connectivity index (χ4v) is 3.55. The summed E-state index contributed by atoms with van der Waals surface area (Å²) in [5.41, 5.74) is 4.61. The van der Waals surface area contributed by atoms with Crippen LogP contribution in [-0.4, -0.2) is 18.7 Å². The molecule has 0 aliphatic carbocycles. The van der Waals surface area contributed by atoms with E-state index in [4.69, 9.17) is 32.7 Å². The predicted octanol–water partition coefficient (Wildman–Crippen LogP) is 6.50. The lowest BCUT2D eigenvalue weighted by molar-refractivity contribution is 0.0955. The molecular weight excluding hydrogens is 503 g/mol. The maximum Gasteiger partial charge on any atom is 0.271 e. The minimum Gasteiger partial charge on any atom is -0.490 e. The molecule has 0 atom stereocenters. The molecule has 0 aliphatic rings. The average molecular weight is 522 g/mol. The Bertz CT molecular complexity index is 1090. The molecule has 0 saturated heterocycles. The van der Waals surface area contributed by atoms with Gasteiger partial charge in [-0.3, -0.25) is 4.79 Å². The average Bonchev–Trinajstić information content (AvgIpc) is 2.74. The number of hydrogen-bond donors (Lipinski definition) is 1. The largest absolute Gasteiger partial charge is 0.490 e. The van der Waals surface area contributed by atoms with E-state index in [2.05, 4.69) is 26.5 Å². The van der Waals surface area contributed by atoms with Crippen LogP contribution < -0.4 is 14.9 Å². The highest BCUT2D eigenvalue weighted by atomic mass is 79.9. The van der Waals surface area contributed by atoms with Gasteiger partial charge in [0, 0.05) is 15.6 Å². The Morgan fingerprint density at radius 1 is 1.06 bits per heavy atom. The summed E-state index contributed by atoms with van der Waals surface area (Å²) < 4.78 is 12.4. The zero-order valence-corrected chi connectivity index (χ0v) is 19.7. The number of amides is 1. The molecule has 1 N–H and O–H groups in total. The van der Waals surface area contributed by atoms with E-state index in [9.17, 15) is 4.79 Å². The summed E-state index contributed by atoms with van der Waals surface area (Å²) in [6, 6.07) is 17.7. The Hall–Kier alpha value is -2.54. The normalized spacial score (nSPS) is 10.8. The molecule has 3 aromatic carbocycles. The zero-order chi connectivity index (χ0) is 22.2. The molecule has 1 amide bonds. The first-order valence-corrected chi connectivity index (χ1v) is 10.9. The highest BCUT2D eigenvalue weighted by molar-refractivity contribution is 9.10. The molecule has 8 heteroatoms. The van der Waals surface area contributed by atoms with Gasteiger partial charge in [-0.2, -0.15) is 5.10 Å². The molecule has 0 spiro atoms. The minimum absolute atomic E-state index is 0.356. The second-order valence-corrected chi connectivity index (χ2v) is 8.11. The third kappa shape index (κ3) is 6.72. The van der Waals surface area contributed by atoms with E-state index in [1.165, 1.54) is 6.21 Å². The Kier molecular flexibility index (Phi) is 8.35. The Labute approximate surface area is 199 Å². The van der Waals surface area contributed by atoms with Crippen LogP contribution in [0.15, 0.2) is 70.2 Å². The van der Waals surface area contributed by atoms with Crippen molar-refractivity contribution in [2.75, 3.05) is 6.61 Å². The number of rotatable bonds is 8. The van der Waals surface area contributed by atoms with Crippen molar-refractivity contribution in [3.63, 3.8) is 0 Å². The molecule has 160 valence electrons. The molecule has 0 fully saturated rings. The first kappa shape index (κ1) is 23.1. The van der Waals surface area contributed by atoms with Gasteiger partial charge in [0.2, 0.25) is 0 Å². The Balaban J connectivity index is 1.72. The zero-order valence-electron chi connectivity index (χ0n) is 16.6. The van der Waals surface area contributed by atoms with Gasteiger partial charge in [0.25, 0.3) is 5.91 Å². The molecule has 3 aromatic rings. The highest BCUT2D eigenvalue weighted by Crippen LogP contribution is 2.37. The van der Waals surface area contributed by atoms with Crippen molar-refractivity contribution in [2.45, 2.75) is 13.5 Å². The summed E-state index contributed by atoms with van der Waals surface area (Å²) in [4.78, 5) is 12.2. The molecule has 0 radical (unpaired) electrons. The van der Waals surface area contributed by atoms with Crippen LogP contribution >= 0.6 is 39.1 Å². The van der Waals surface area contributed by atoms with Crippen molar-refractivity contribution in [3.8, 4) is 11.5 Å². The maximum atomic E-state index is 12.2. The SMILES string of the molecule is CCOc1cc(/C=N\NC(=O)c2cccc(Cl)c2)cc(Br)c1OCc1ccc(Cl)cc1. The summed E-state index contributed by atoms with van der Waals surface area (Å²) in [5, 5.41) is 5.18. The first-order valence-electron chi connectivity index (χ1n) is 9.39. The van der Waals surface area contributed by atoms with Crippen LogP contribution in [0.2, 0.25) is 10.0 Å². The van der Waals surface area contributed by atoms with Gasteiger partial charge in [-0.1, -0.05) is 41.4 Å². The minimum atomic E-state index is -0.356. The summed E-state index contributed by atoms with van der Waals surface area (Å²) in [6.45, 7) is 2.72. The van der Waals surface area contributed by atoms with E-state index in [1.54, 1.807) is 30.3 Å². The molecule has 0 saturated carbocycles. The van der Waals surface area contributed by atoms with E-state index in [1.807, 2.05) is 37.3 Å². The van der Waals surface area contributed by atoms with Crippen LogP contribution in [0.3, 0.4) is 0 Å². The van der Waals surface area contributed by atoms with Crippen LogP contribution in [0.25, 0.3) is 0 Å². The smallest absolute Gasteiger partial charge is 0.271 e. The van der Waals surface area contributed by atoms with Gasteiger partial charge in [0.05, 0.1) is 17.3 Å². The maximum absolute atomic E-state index is 12.2. The number of hydrazone groups is 1. The van der Waals surface area contributed by atoms with E-state index in [0.29, 0.717) is 44.8 Å². The second-order valence-electron chi connectivity index (χ2n) is 6.39. The number of halogens is 3. The number of carbonyl (C=O) groups is 1. The lowest BCUT2D eigenvalue weighted by Gasteiger charge is -2.14. The number of carbonyl (C=O) groups excluding carboxylic acids is 1. The van der Waals surface area contributed by atoms with Crippen molar-refractivity contribution in [3.05, 3.63) is 91.9 Å². The van der Waals surface area contributed by atoms with Crippen molar-refractivity contribution < 1.29 is 14.3 Å². The van der Waals surface area contributed by atoms with Gasteiger partial charge in [0.15, 0.2) is 11.5 Å². The van der Waals surface area contributed by atoms with E-state index < -0.39 is 0 Å². The van der Waals surface area contributed by atoms with E-state index in [-0.39, 0.29) is 5.91 Å². The molecule has 0 aliphatic heterocycles. The molecule has 0 bridgehead atoms. The van der Waals surface area contributed by atoms with Gasteiger partial charge in [-0.15, -0.1) is 0 Å². The van der Waals surface area contributed by atoms with E-state index in [0.717, 1.165) is 11.1 Å². The van der Waals surface area contributed by atoms with Crippen LogP contribution in [0.1, 0.15) is 28.4 Å². The summed E-state index contributed by atoms with van der Waals surface area (Å²) in [7, 11) is 0. The second kappa shape index (κ2) is 11.2. The number of nitrogens with one attached hydrogen (secondary N) is 1. The first-order chi connectivity index (χ1) is 15.0. The number of ether oxygens (including phenoxy) is 2. The third-order valence-corrected chi connectivity index (χ3v) is 5.17. The molecular formula is C23H19BrCl2N2O3. The van der Waals surface area contributed by atoms with Crippen molar-refractivity contribution >= 4 is 51.3 Å². The fourth-order valence-electron chi connectivity index (χ4n) is 2.66. The quantitative estimate of drug-likeness (QED) is 0.272. The molecule has 0 heterocycles. The van der Waals surface area contributed by atoms with Gasteiger partial charge >= 0.3 is 0 Å². The molecule has 5 nitrogen and oxygen atoms in total. The summed E-state index contributed by atoms with van der Waals surface area (Å²) >= 11 is 15.4. The number of nitrogens with zero attached hydrogens (tertiary/aromatic N) is 1. The highest BCUT2D eigenvalue weighted by Gasteiger charge is 2.12. The topological polar surface area (TPSA) is 59.9 Å². The summed E-state index contributed by atoms with van der Waals surface area (Å²) in [6.07, 6.45) is 1.53. The van der Waals surface area contributed by atoms with Gasteiger partial charge < -0.3 is 9.47 Å². The predicted molar refractivity (Wildman–Crippen MR) is 128 cm³/mol. The monoisotopic (exact) mass is 520 g/mol. The standard InChI is InChI=1S/C23H19BrCl2N2O3/c1-2-30-21-11-16(13-27-28-23(29)17-4-3-5-19(26)12-17)10-20(24)22(21)31-14-15-6-8-18(25)9-7-15/h3-13H,2,14H2,1H3,(H,28,29)/b27-13-. The van der Waals surface area contributed by atoms with E-state index >= 15 is 0 Å². The summed E-state index contributed by atoms with van der Waals surface area (Å²) in [5.74, 6) is 0.788. The Morgan fingerprint density at radius 3 is 2.55 bits per heavy atom. The fraction of sp³-hybridized carbons (Fsp3) is 0.130.